The first-order chi connectivity index (χ1) is 12.4. The highest BCUT2D eigenvalue weighted by Crippen LogP contribution is 2.23. The number of halogens is 2. The van der Waals surface area contributed by atoms with Gasteiger partial charge in [0.1, 0.15) is 0 Å². The Kier molecular flexibility index (Phi) is 5.11. The van der Waals surface area contributed by atoms with Crippen LogP contribution in [0.3, 0.4) is 0 Å². The van der Waals surface area contributed by atoms with E-state index in [4.69, 9.17) is 23.2 Å². The number of nitrogens with zero attached hydrogens (tertiary/aromatic N) is 1. The van der Waals surface area contributed by atoms with Crippen molar-refractivity contribution in [2.45, 2.75) is 13.5 Å². The molecule has 132 valence electrons. The van der Waals surface area contributed by atoms with E-state index in [1.165, 1.54) is 6.08 Å². The van der Waals surface area contributed by atoms with Crippen LogP contribution in [0.5, 0.6) is 0 Å². The summed E-state index contributed by atoms with van der Waals surface area (Å²) in [6, 6.07) is 11.3. The molecule has 1 heterocycles. The Balaban J connectivity index is 1.68. The quantitative estimate of drug-likeness (QED) is 0.811. The zero-order valence-electron chi connectivity index (χ0n) is 13.8. The minimum absolute atomic E-state index is 0.253. The molecule has 3 amide bonds. The summed E-state index contributed by atoms with van der Waals surface area (Å²) in [5.74, 6) is -1.04. The maximum atomic E-state index is 12.3. The zero-order chi connectivity index (χ0) is 18.8. The highest BCUT2D eigenvalue weighted by molar-refractivity contribution is 6.35. The summed E-state index contributed by atoms with van der Waals surface area (Å²) in [6.45, 7) is 1.84. The Labute approximate surface area is 160 Å². The first kappa shape index (κ1) is 18.2. The molecule has 0 unspecified atom stereocenters. The van der Waals surface area contributed by atoms with Gasteiger partial charge < -0.3 is 5.32 Å². The molecule has 2 aromatic rings. The van der Waals surface area contributed by atoms with Crippen molar-refractivity contribution in [3.05, 3.63) is 75.3 Å². The molecular weight excluding hydrogens is 375 g/mol. The third kappa shape index (κ3) is 3.64. The number of benzene rings is 2. The Morgan fingerprint density at radius 1 is 1.08 bits per heavy atom. The van der Waals surface area contributed by atoms with E-state index in [-0.39, 0.29) is 24.3 Å². The van der Waals surface area contributed by atoms with Gasteiger partial charge in [0.15, 0.2) is 0 Å². The highest BCUT2D eigenvalue weighted by atomic mass is 35.5. The van der Waals surface area contributed by atoms with Crippen molar-refractivity contribution >= 4 is 46.6 Å². The number of hydrogen-bond donors (Lipinski definition) is 1. The molecule has 0 aromatic heterocycles. The fraction of sp³-hybridized carbons (Fsp3) is 0.105. The van der Waals surface area contributed by atoms with Gasteiger partial charge in [0, 0.05) is 33.8 Å². The normalized spacial score (nSPS) is 13.8. The average molecular weight is 389 g/mol. The molecule has 1 N–H and O–H groups in total. The lowest BCUT2D eigenvalue weighted by Crippen LogP contribution is -2.30. The number of rotatable bonds is 4. The monoisotopic (exact) mass is 388 g/mol. The van der Waals surface area contributed by atoms with E-state index in [1.54, 1.807) is 49.4 Å². The summed E-state index contributed by atoms with van der Waals surface area (Å²) in [6.07, 6.45) is 1.29. The first-order valence-electron chi connectivity index (χ1n) is 7.76. The lowest BCUT2D eigenvalue weighted by atomic mass is 10.1. The van der Waals surface area contributed by atoms with Crippen LogP contribution in [0.15, 0.2) is 54.1 Å². The molecule has 3 rings (SSSR count). The molecular formula is C19H14Cl2N2O3. The van der Waals surface area contributed by atoms with E-state index in [0.29, 0.717) is 26.9 Å². The van der Waals surface area contributed by atoms with Crippen LogP contribution < -0.4 is 10.2 Å². The van der Waals surface area contributed by atoms with Crippen molar-refractivity contribution in [3.63, 3.8) is 0 Å². The second-order valence-corrected chi connectivity index (χ2v) is 6.62. The van der Waals surface area contributed by atoms with Crippen molar-refractivity contribution < 1.29 is 14.4 Å². The van der Waals surface area contributed by atoms with Gasteiger partial charge in [-0.15, -0.1) is 0 Å². The van der Waals surface area contributed by atoms with Gasteiger partial charge in [0.25, 0.3) is 17.7 Å². The van der Waals surface area contributed by atoms with Crippen LogP contribution in [0.4, 0.5) is 5.69 Å². The lowest BCUT2D eigenvalue weighted by Gasteiger charge is -2.15. The molecule has 0 spiro atoms. The number of carbonyl (C=O) groups is 3. The molecule has 0 saturated carbocycles. The summed E-state index contributed by atoms with van der Waals surface area (Å²) in [5.41, 5.74) is 1.96. The van der Waals surface area contributed by atoms with Crippen LogP contribution in [-0.4, -0.2) is 17.7 Å². The van der Waals surface area contributed by atoms with E-state index in [1.807, 2.05) is 0 Å². The summed E-state index contributed by atoms with van der Waals surface area (Å²) < 4.78 is 0. The van der Waals surface area contributed by atoms with E-state index in [0.717, 1.165) is 10.5 Å². The zero-order valence-corrected chi connectivity index (χ0v) is 15.3. The maximum Gasteiger partial charge on any atom is 0.261 e. The van der Waals surface area contributed by atoms with Gasteiger partial charge in [-0.25, -0.2) is 4.90 Å². The Morgan fingerprint density at radius 3 is 2.35 bits per heavy atom. The minimum atomic E-state index is -0.387. The SMILES string of the molecule is CC1=CC(=O)N(c2ccc(C(=O)NCc3ccc(Cl)cc3Cl)cc2)C1=O. The molecule has 0 bridgehead atoms. The second kappa shape index (κ2) is 7.32. The Hall–Kier alpha value is -2.63. The topological polar surface area (TPSA) is 66.5 Å². The van der Waals surface area contributed by atoms with Gasteiger partial charge in [-0.3, -0.25) is 14.4 Å². The van der Waals surface area contributed by atoms with Gasteiger partial charge >= 0.3 is 0 Å². The number of anilines is 1. The van der Waals surface area contributed by atoms with Crippen molar-refractivity contribution in [2.75, 3.05) is 4.90 Å². The van der Waals surface area contributed by atoms with Gasteiger partial charge in [-0.2, -0.15) is 0 Å². The summed E-state index contributed by atoms with van der Waals surface area (Å²) in [4.78, 5) is 37.2. The number of amides is 3. The largest absolute Gasteiger partial charge is 0.348 e. The number of carbonyl (C=O) groups excluding carboxylic acids is 3. The number of imide groups is 1. The van der Waals surface area contributed by atoms with Gasteiger partial charge in [-0.05, 0) is 48.9 Å². The summed E-state index contributed by atoms with van der Waals surface area (Å²) >= 11 is 11.9. The van der Waals surface area contributed by atoms with Gasteiger partial charge in [-0.1, -0.05) is 29.3 Å². The molecule has 7 heteroatoms. The molecule has 0 fully saturated rings. The van der Waals surface area contributed by atoms with Crippen molar-refractivity contribution in [2.24, 2.45) is 0 Å². The molecule has 1 aliphatic rings. The highest BCUT2D eigenvalue weighted by Gasteiger charge is 2.29. The fourth-order valence-corrected chi connectivity index (χ4v) is 3.01. The fourth-order valence-electron chi connectivity index (χ4n) is 2.54. The van der Waals surface area contributed by atoms with Crippen LogP contribution in [0.2, 0.25) is 10.0 Å². The molecule has 0 radical (unpaired) electrons. The minimum Gasteiger partial charge on any atom is -0.348 e. The Morgan fingerprint density at radius 2 is 1.77 bits per heavy atom. The molecule has 0 atom stereocenters. The number of hydrogen-bond acceptors (Lipinski definition) is 3. The van der Waals surface area contributed by atoms with E-state index in [9.17, 15) is 14.4 Å². The van der Waals surface area contributed by atoms with Crippen LogP contribution in [0.25, 0.3) is 0 Å². The van der Waals surface area contributed by atoms with Crippen LogP contribution in [-0.2, 0) is 16.1 Å². The van der Waals surface area contributed by atoms with Crippen LogP contribution in [0, 0.1) is 0 Å². The third-order valence-corrected chi connectivity index (χ3v) is 4.53. The smallest absolute Gasteiger partial charge is 0.261 e. The predicted octanol–water partition coefficient (Wildman–Crippen LogP) is 3.74. The first-order valence-corrected chi connectivity index (χ1v) is 8.51. The molecule has 5 nitrogen and oxygen atoms in total. The summed E-state index contributed by atoms with van der Waals surface area (Å²) in [7, 11) is 0. The predicted molar refractivity (Wildman–Crippen MR) is 100 cm³/mol. The van der Waals surface area contributed by atoms with Crippen molar-refractivity contribution in [1.82, 2.24) is 5.32 Å². The van der Waals surface area contributed by atoms with Gasteiger partial charge in [0.2, 0.25) is 0 Å². The molecule has 26 heavy (non-hydrogen) atoms. The Bertz CT molecular complexity index is 936. The molecule has 2 aromatic carbocycles. The van der Waals surface area contributed by atoms with E-state index in [2.05, 4.69) is 5.32 Å². The van der Waals surface area contributed by atoms with Crippen LogP contribution in [0.1, 0.15) is 22.8 Å². The van der Waals surface area contributed by atoms with Gasteiger partial charge in [0.05, 0.1) is 5.69 Å². The average Bonchev–Trinajstić information content (AvgIpc) is 2.86. The molecule has 1 aliphatic heterocycles. The third-order valence-electron chi connectivity index (χ3n) is 3.94. The second-order valence-electron chi connectivity index (χ2n) is 5.77. The van der Waals surface area contributed by atoms with Crippen LogP contribution >= 0.6 is 23.2 Å². The summed E-state index contributed by atoms with van der Waals surface area (Å²) in [5, 5.41) is 3.76. The molecule has 0 saturated heterocycles. The number of nitrogens with one attached hydrogen (secondary N) is 1. The van der Waals surface area contributed by atoms with Crippen molar-refractivity contribution in [1.29, 1.82) is 0 Å². The van der Waals surface area contributed by atoms with E-state index >= 15 is 0 Å². The lowest BCUT2D eigenvalue weighted by molar-refractivity contribution is -0.120. The van der Waals surface area contributed by atoms with E-state index < -0.39 is 0 Å². The standard InChI is InChI=1S/C19H14Cl2N2O3/c1-11-8-17(24)23(19(11)26)15-6-3-12(4-7-15)18(25)22-10-13-2-5-14(20)9-16(13)21/h2-9H,10H2,1H3,(H,22,25). The van der Waals surface area contributed by atoms with Crippen molar-refractivity contribution in [3.8, 4) is 0 Å². The molecule has 0 aliphatic carbocycles. The maximum absolute atomic E-state index is 12.3.